The van der Waals surface area contributed by atoms with Crippen LogP contribution in [0.1, 0.15) is 25.8 Å². The van der Waals surface area contributed by atoms with Crippen LogP contribution in [0.25, 0.3) is 0 Å². The summed E-state index contributed by atoms with van der Waals surface area (Å²) in [6.07, 6.45) is 1.63. The number of ether oxygens (including phenoxy) is 2. The lowest BCUT2D eigenvalue weighted by molar-refractivity contribution is -0.159. The topological polar surface area (TPSA) is 50.8 Å². The number of hydrogen-bond donors (Lipinski definition) is 1. The zero-order valence-electron chi connectivity index (χ0n) is 14.3. The average Bonchev–Trinajstić information content (AvgIpc) is 2.86. The van der Waals surface area contributed by atoms with Gasteiger partial charge in [-0.2, -0.15) is 0 Å². The molecule has 132 valence electrons. The predicted octanol–water partition coefficient (Wildman–Crippen LogP) is 2.86. The molecule has 3 atom stereocenters. The summed E-state index contributed by atoms with van der Waals surface area (Å²) in [5.41, 5.74) is 0.759. The fourth-order valence-corrected chi connectivity index (χ4v) is 3.78. The number of hydrogen-bond acceptors (Lipinski definition) is 3. The first-order valence-electron chi connectivity index (χ1n) is 8.55. The first kappa shape index (κ1) is 17.5. The van der Waals surface area contributed by atoms with E-state index in [1.165, 1.54) is 0 Å². The zero-order chi connectivity index (χ0) is 17.2. The Labute approximate surface area is 148 Å². The van der Waals surface area contributed by atoms with Crippen molar-refractivity contribution in [2.75, 3.05) is 26.2 Å². The van der Waals surface area contributed by atoms with E-state index >= 15 is 0 Å². The summed E-state index contributed by atoms with van der Waals surface area (Å²) in [5, 5.41) is 3.73. The van der Waals surface area contributed by atoms with Crippen LogP contribution in [0.3, 0.4) is 0 Å². The lowest BCUT2D eigenvalue weighted by Crippen LogP contribution is -2.61. The van der Waals surface area contributed by atoms with E-state index in [2.05, 4.69) is 5.32 Å². The molecule has 1 aromatic carbocycles. The molecule has 0 aliphatic carbocycles. The van der Waals surface area contributed by atoms with Crippen molar-refractivity contribution in [3.63, 3.8) is 0 Å². The molecule has 5 nitrogen and oxygen atoms in total. The number of carbonyl (C=O) groups is 1. The lowest BCUT2D eigenvalue weighted by Gasteiger charge is -2.45. The van der Waals surface area contributed by atoms with Crippen molar-refractivity contribution in [3.8, 4) is 0 Å². The van der Waals surface area contributed by atoms with Crippen LogP contribution in [0.4, 0.5) is 4.79 Å². The molecule has 1 N–H and O–H groups in total. The van der Waals surface area contributed by atoms with Crippen molar-refractivity contribution in [3.05, 3.63) is 34.9 Å². The molecule has 24 heavy (non-hydrogen) atoms. The van der Waals surface area contributed by atoms with Gasteiger partial charge in [-0.05, 0) is 38.0 Å². The van der Waals surface area contributed by atoms with E-state index in [9.17, 15) is 4.79 Å². The Balaban J connectivity index is 1.54. The van der Waals surface area contributed by atoms with Gasteiger partial charge in [-0.15, -0.1) is 0 Å². The van der Waals surface area contributed by atoms with Crippen molar-refractivity contribution < 1.29 is 14.3 Å². The lowest BCUT2D eigenvalue weighted by atomic mass is 9.93. The van der Waals surface area contributed by atoms with Gasteiger partial charge in [0, 0.05) is 31.1 Å². The smallest absolute Gasteiger partial charge is 0.317 e. The number of halogens is 1. The normalized spacial score (nSPS) is 29.9. The highest BCUT2D eigenvalue weighted by atomic mass is 35.5. The van der Waals surface area contributed by atoms with Gasteiger partial charge in [0.2, 0.25) is 0 Å². The van der Waals surface area contributed by atoms with E-state index in [0.29, 0.717) is 26.2 Å². The summed E-state index contributed by atoms with van der Waals surface area (Å²) in [4.78, 5) is 14.4. The molecule has 2 saturated heterocycles. The van der Waals surface area contributed by atoms with E-state index in [4.69, 9.17) is 21.1 Å². The van der Waals surface area contributed by atoms with Crippen LogP contribution in [-0.4, -0.2) is 55.0 Å². The molecule has 1 spiro atoms. The van der Waals surface area contributed by atoms with Gasteiger partial charge in [0.25, 0.3) is 0 Å². The SMILES string of the molecule is CC1CN(C(=O)NCCc2cccc(Cl)c2)CC2(CCOC2C)O1. The molecule has 2 aliphatic heterocycles. The number of amides is 2. The highest BCUT2D eigenvalue weighted by Gasteiger charge is 2.48. The number of nitrogens with one attached hydrogen (secondary N) is 1. The van der Waals surface area contributed by atoms with Crippen LogP contribution in [0.5, 0.6) is 0 Å². The van der Waals surface area contributed by atoms with Crippen molar-refractivity contribution in [1.29, 1.82) is 0 Å². The molecule has 2 heterocycles. The Morgan fingerprint density at radius 3 is 3.00 bits per heavy atom. The summed E-state index contributed by atoms with van der Waals surface area (Å²) in [7, 11) is 0. The molecule has 0 radical (unpaired) electrons. The third-order valence-electron chi connectivity index (χ3n) is 4.87. The van der Waals surface area contributed by atoms with Gasteiger partial charge in [-0.1, -0.05) is 23.7 Å². The van der Waals surface area contributed by atoms with Crippen LogP contribution < -0.4 is 5.32 Å². The van der Waals surface area contributed by atoms with E-state index in [-0.39, 0.29) is 23.8 Å². The summed E-state index contributed by atoms with van der Waals surface area (Å²) in [5.74, 6) is 0. The molecule has 0 bridgehead atoms. The first-order chi connectivity index (χ1) is 11.5. The van der Waals surface area contributed by atoms with Crippen LogP contribution in [0.2, 0.25) is 5.02 Å². The fourth-order valence-electron chi connectivity index (χ4n) is 3.57. The van der Waals surface area contributed by atoms with Crippen molar-refractivity contribution in [1.82, 2.24) is 10.2 Å². The predicted molar refractivity (Wildman–Crippen MR) is 93.4 cm³/mol. The summed E-state index contributed by atoms with van der Waals surface area (Å²) < 4.78 is 11.8. The number of morpholine rings is 1. The Morgan fingerprint density at radius 2 is 2.29 bits per heavy atom. The van der Waals surface area contributed by atoms with Crippen LogP contribution >= 0.6 is 11.6 Å². The Hall–Kier alpha value is -1.30. The molecule has 1 aromatic rings. The summed E-state index contributed by atoms with van der Waals surface area (Å²) >= 11 is 5.99. The molecule has 3 unspecified atom stereocenters. The van der Waals surface area contributed by atoms with Gasteiger partial charge in [0.15, 0.2) is 0 Å². The van der Waals surface area contributed by atoms with Crippen LogP contribution in [0.15, 0.2) is 24.3 Å². The maximum Gasteiger partial charge on any atom is 0.317 e. The third kappa shape index (κ3) is 3.85. The Kier molecular flexibility index (Phi) is 5.33. The van der Waals surface area contributed by atoms with Crippen molar-refractivity contribution >= 4 is 17.6 Å². The molecular weight excluding hydrogens is 328 g/mol. The second kappa shape index (κ2) is 7.30. The molecule has 2 amide bonds. The summed E-state index contributed by atoms with van der Waals surface area (Å²) in [6, 6.07) is 7.68. The van der Waals surface area contributed by atoms with Gasteiger partial charge >= 0.3 is 6.03 Å². The Bertz CT molecular complexity index is 597. The number of benzene rings is 1. The summed E-state index contributed by atoms with van der Waals surface area (Å²) in [6.45, 7) is 6.51. The van der Waals surface area contributed by atoms with E-state index in [1.807, 2.05) is 43.0 Å². The van der Waals surface area contributed by atoms with Gasteiger partial charge in [-0.25, -0.2) is 4.79 Å². The van der Waals surface area contributed by atoms with Crippen molar-refractivity contribution in [2.24, 2.45) is 0 Å². The minimum atomic E-state index is -0.359. The standard InChI is InChI=1S/C18H25ClN2O3/c1-13-11-21(12-18(24-13)7-9-23-14(18)2)17(22)20-8-6-15-4-3-5-16(19)10-15/h3-5,10,13-14H,6-9,11-12H2,1-2H3,(H,20,22). The van der Waals surface area contributed by atoms with Crippen LogP contribution in [-0.2, 0) is 15.9 Å². The number of nitrogens with zero attached hydrogens (tertiary/aromatic N) is 1. The maximum absolute atomic E-state index is 12.5. The van der Waals surface area contributed by atoms with E-state index in [1.54, 1.807) is 0 Å². The highest BCUT2D eigenvalue weighted by molar-refractivity contribution is 6.30. The fraction of sp³-hybridized carbons (Fsp3) is 0.611. The van der Waals surface area contributed by atoms with Gasteiger partial charge in [0.05, 0.1) is 18.8 Å². The molecule has 3 rings (SSSR count). The molecule has 2 aliphatic rings. The zero-order valence-corrected chi connectivity index (χ0v) is 15.0. The molecule has 6 heteroatoms. The number of carbonyl (C=O) groups excluding carboxylic acids is 1. The molecule has 2 fully saturated rings. The highest BCUT2D eigenvalue weighted by Crippen LogP contribution is 2.34. The minimum absolute atomic E-state index is 0.0154. The van der Waals surface area contributed by atoms with E-state index in [0.717, 1.165) is 23.4 Å². The quantitative estimate of drug-likeness (QED) is 0.910. The van der Waals surface area contributed by atoms with Crippen molar-refractivity contribution in [2.45, 2.75) is 44.5 Å². The van der Waals surface area contributed by atoms with Gasteiger partial charge < -0.3 is 19.7 Å². The first-order valence-corrected chi connectivity index (χ1v) is 8.93. The molecular formula is C18H25ClN2O3. The average molecular weight is 353 g/mol. The minimum Gasteiger partial charge on any atom is -0.375 e. The molecule has 0 aromatic heterocycles. The second-order valence-electron chi connectivity index (χ2n) is 6.75. The van der Waals surface area contributed by atoms with Gasteiger partial charge in [0.1, 0.15) is 5.60 Å². The second-order valence-corrected chi connectivity index (χ2v) is 7.19. The number of urea groups is 1. The van der Waals surface area contributed by atoms with Crippen LogP contribution in [0, 0.1) is 0 Å². The van der Waals surface area contributed by atoms with E-state index < -0.39 is 0 Å². The maximum atomic E-state index is 12.5. The monoisotopic (exact) mass is 352 g/mol. The van der Waals surface area contributed by atoms with Gasteiger partial charge in [-0.3, -0.25) is 0 Å². The largest absolute Gasteiger partial charge is 0.375 e. The molecule has 0 saturated carbocycles. The Morgan fingerprint density at radius 1 is 1.46 bits per heavy atom. The number of rotatable bonds is 3. The third-order valence-corrected chi connectivity index (χ3v) is 5.11.